The second-order valence-electron chi connectivity index (χ2n) is 6.19. The van der Waals surface area contributed by atoms with Gasteiger partial charge in [-0.25, -0.2) is 0 Å². The van der Waals surface area contributed by atoms with Crippen LogP contribution in [0.3, 0.4) is 0 Å². The van der Waals surface area contributed by atoms with Gasteiger partial charge in [0.1, 0.15) is 0 Å². The fourth-order valence-corrected chi connectivity index (χ4v) is 3.64. The lowest BCUT2D eigenvalue weighted by Gasteiger charge is -2.33. The summed E-state index contributed by atoms with van der Waals surface area (Å²) in [5.74, 6) is 0. The van der Waals surface area contributed by atoms with E-state index in [1.54, 1.807) is 0 Å². The molecule has 0 radical (unpaired) electrons. The Kier molecular flexibility index (Phi) is 3.75. The van der Waals surface area contributed by atoms with E-state index in [9.17, 15) is 4.79 Å². The maximum Gasteiger partial charge on any atom is 0.210 e. The first-order valence-electron chi connectivity index (χ1n) is 8.24. The highest BCUT2D eigenvalue weighted by molar-refractivity contribution is 5.69. The van der Waals surface area contributed by atoms with E-state index >= 15 is 0 Å². The monoisotopic (exact) mass is 307 g/mol. The standard InChI is InChI=1S/C19H21N3O/c23-14-21-12-10-20-13-19(21)16-5-7-17(8-6-16)22-11-9-15-3-1-2-4-18(15)22/h1-8,14,19-20H,9-13H2. The van der Waals surface area contributed by atoms with Gasteiger partial charge in [0.05, 0.1) is 6.04 Å². The van der Waals surface area contributed by atoms with Crippen molar-refractivity contribution in [3.05, 3.63) is 59.7 Å². The summed E-state index contributed by atoms with van der Waals surface area (Å²) in [4.78, 5) is 15.5. The van der Waals surface area contributed by atoms with Gasteiger partial charge in [0.25, 0.3) is 0 Å². The van der Waals surface area contributed by atoms with Crippen LogP contribution in [-0.2, 0) is 11.2 Å². The van der Waals surface area contributed by atoms with Gasteiger partial charge >= 0.3 is 0 Å². The molecule has 1 N–H and O–H groups in total. The van der Waals surface area contributed by atoms with Crippen LogP contribution in [-0.4, -0.2) is 37.5 Å². The molecule has 2 aromatic rings. The van der Waals surface area contributed by atoms with Crippen LogP contribution in [0.25, 0.3) is 0 Å². The number of hydrogen-bond acceptors (Lipinski definition) is 3. The van der Waals surface area contributed by atoms with Crippen molar-refractivity contribution >= 4 is 17.8 Å². The molecule has 4 heteroatoms. The van der Waals surface area contributed by atoms with E-state index in [1.165, 1.54) is 22.5 Å². The van der Waals surface area contributed by atoms with Crippen molar-refractivity contribution in [3.8, 4) is 0 Å². The van der Waals surface area contributed by atoms with E-state index < -0.39 is 0 Å². The number of nitrogens with zero attached hydrogens (tertiary/aromatic N) is 2. The average molecular weight is 307 g/mol. The summed E-state index contributed by atoms with van der Waals surface area (Å²) < 4.78 is 0. The average Bonchev–Trinajstić information content (AvgIpc) is 3.06. The predicted octanol–water partition coefficient (Wildman–Crippen LogP) is 2.48. The molecule has 118 valence electrons. The van der Waals surface area contributed by atoms with Crippen molar-refractivity contribution < 1.29 is 4.79 Å². The molecule has 23 heavy (non-hydrogen) atoms. The summed E-state index contributed by atoms with van der Waals surface area (Å²) in [5, 5.41) is 3.37. The van der Waals surface area contributed by atoms with Gasteiger partial charge in [-0.2, -0.15) is 0 Å². The van der Waals surface area contributed by atoms with Crippen LogP contribution >= 0.6 is 0 Å². The third-order valence-electron chi connectivity index (χ3n) is 4.90. The van der Waals surface area contributed by atoms with Crippen molar-refractivity contribution in [3.63, 3.8) is 0 Å². The van der Waals surface area contributed by atoms with Gasteiger partial charge < -0.3 is 15.1 Å². The van der Waals surface area contributed by atoms with Crippen molar-refractivity contribution in [2.24, 2.45) is 0 Å². The highest BCUT2D eigenvalue weighted by Crippen LogP contribution is 2.35. The highest BCUT2D eigenvalue weighted by Gasteiger charge is 2.23. The van der Waals surface area contributed by atoms with Crippen molar-refractivity contribution in [2.45, 2.75) is 12.5 Å². The normalized spacial score (nSPS) is 20.4. The van der Waals surface area contributed by atoms with Crippen LogP contribution < -0.4 is 10.2 Å². The summed E-state index contributed by atoms with van der Waals surface area (Å²) in [5.41, 5.74) is 5.15. The molecule has 2 heterocycles. The molecule has 1 fully saturated rings. The van der Waals surface area contributed by atoms with Crippen LogP contribution in [0.1, 0.15) is 17.2 Å². The van der Waals surface area contributed by atoms with Gasteiger partial charge in [-0.15, -0.1) is 0 Å². The molecule has 4 rings (SSSR count). The van der Waals surface area contributed by atoms with E-state index in [2.05, 4.69) is 58.7 Å². The molecule has 4 nitrogen and oxygen atoms in total. The Bertz CT molecular complexity index is 698. The summed E-state index contributed by atoms with van der Waals surface area (Å²) in [6, 6.07) is 17.4. The van der Waals surface area contributed by atoms with Crippen molar-refractivity contribution in [1.82, 2.24) is 10.2 Å². The maximum absolute atomic E-state index is 11.2. The first-order chi connectivity index (χ1) is 11.4. The number of fused-ring (bicyclic) bond motifs is 1. The molecule has 2 aliphatic heterocycles. The first-order valence-corrected chi connectivity index (χ1v) is 8.24. The first kappa shape index (κ1) is 14.3. The Hall–Kier alpha value is -2.33. The van der Waals surface area contributed by atoms with Gasteiger partial charge in [0, 0.05) is 37.6 Å². The Morgan fingerprint density at radius 3 is 2.70 bits per heavy atom. The Morgan fingerprint density at radius 1 is 1.04 bits per heavy atom. The minimum atomic E-state index is 0.140. The van der Waals surface area contributed by atoms with Gasteiger partial charge in [-0.3, -0.25) is 4.79 Å². The van der Waals surface area contributed by atoms with E-state index in [0.717, 1.165) is 39.0 Å². The lowest BCUT2D eigenvalue weighted by molar-refractivity contribution is -0.121. The fourth-order valence-electron chi connectivity index (χ4n) is 3.64. The predicted molar refractivity (Wildman–Crippen MR) is 92.0 cm³/mol. The van der Waals surface area contributed by atoms with Crippen LogP contribution in [0.5, 0.6) is 0 Å². The lowest BCUT2D eigenvalue weighted by Crippen LogP contribution is -2.45. The van der Waals surface area contributed by atoms with Crippen LogP contribution in [0, 0.1) is 0 Å². The van der Waals surface area contributed by atoms with E-state index in [4.69, 9.17) is 0 Å². The van der Waals surface area contributed by atoms with Crippen LogP contribution in [0.15, 0.2) is 48.5 Å². The minimum absolute atomic E-state index is 0.140. The molecule has 1 amide bonds. The number of benzene rings is 2. The van der Waals surface area contributed by atoms with E-state index in [0.29, 0.717) is 0 Å². The Labute approximate surface area is 136 Å². The molecule has 2 aliphatic rings. The summed E-state index contributed by atoms with van der Waals surface area (Å²) in [6.45, 7) is 3.50. The van der Waals surface area contributed by atoms with E-state index in [-0.39, 0.29) is 6.04 Å². The Morgan fingerprint density at radius 2 is 1.87 bits per heavy atom. The second-order valence-corrected chi connectivity index (χ2v) is 6.19. The van der Waals surface area contributed by atoms with Gasteiger partial charge in [0.15, 0.2) is 0 Å². The molecule has 0 aliphatic carbocycles. The van der Waals surface area contributed by atoms with Gasteiger partial charge in [-0.05, 0) is 35.7 Å². The molecular formula is C19H21N3O. The number of anilines is 2. The zero-order chi connectivity index (χ0) is 15.6. The lowest BCUT2D eigenvalue weighted by atomic mass is 10.0. The SMILES string of the molecule is O=CN1CCNCC1c1ccc(N2CCc3ccccc32)cc1. The minimum Gasteiger partial charge on any atom is -0.341 e. The maximum atomic E-state index is 11.2. The number of hydrogen-bond donors (Lipinski definition) is 1. The topological polar surface area (TPSA) is 35.6 Å². The fraction of sp³-hybridized carbons (Fsp3) is 0.316. The number of rotatable bonds is 3. The molecule has 0 aromatic heterocycles. The summed E-state index contributed by atoms with van der Waals surface area (Å²) >= 11 is 0. The van der Waals surface area contributed by atoms with Gasteiger partial charge in [-0.1, -0.05) is 30.3 Å². The molecule has 1 saturated heterocycles. The zero-order valence-electron chi connectivity index (χ0n) is 13.1. The van der Waals surface area contributed by atoms with E-state index in [1.807, 2.05) is 4.90 Å². The zero-order valence-corrected chi connectivity index (χ0v) is 13.1. The smallest absolute Gasteiger partial charge is 0.210 e. The summed E-state index contributed by atoms with van der Waals surface area (Å²) in [6.07, 6.45) is 2.07. The molecule has 1 atom stereocenters. The summed E-state index contributed by atoms with van der Waals surface area (Å²) in [7, 11) is 0. The largest absolute Gasteiger partial charge is 0.341 e. The van der Waals surface area contributed by atoms with Crippen molar-refractivity contribution in [2.75, 3.05) is 31.1 Å². The number of piperazine rings is 1. The molecular weight excluding hydrogens is 286 g/mol. The highest BCUT2D eigenvalue weighted by atomic mass is 16.1. The third kappa shape index (κ3) is 2.59. The van der Waals surface area contributed by atoms with Gasteiger partial charge in [0.2, 0.25) is 6.41 Å². The molecule has 0 spiro atoms. The molecule has 0 saturated carbocycles. The van der Waals surface area contributed by atoms with Crippen molar-refractivity contribution in [1.29, 1.82) is 0 Å². The molecule has 2 aromatic carbocycles. The number of amides is 1. The second kappa shape index (κ2) is 6.05. The number of para-hydroxylation sites is 1. The third-order valence-corrected chi connectivity index (χ3v) is 4.90. The number of carbonyl (C=O) groups excluding carboxylic acids is 1. The molecule has 1 unspecified atom stereocenters. The van der Waals surface area contributed by atoms with Crippen LogP contribution in [0.4, 0.5) is 11.4 Å². The number of carbonyl (C=O) groups is 1. The number of nitrogens with one attached hydrogen (secondary N) is 1. The Balaban J connectivity index is 1.58. The quantitative estimate of drug-likeness (QED) is 0.885. The molecule has 0 bridgehead atoms. The van der Waals surface area contributed by atoms with Crippen LogP contribution in [0.2, 0.25) is 0 Å².